The van der Waals surface area contributed by atoms with Crippen molar-refractivity contribution in [3.63, 3.8) is 0 Å². The van der Waals surface area contributed by atoms with Crippen molar-refractivity contribution < 1.29 is 19.1 Å². The molecule has 0 aliphatic carbocycles. The van der Waals surface area contributed by atoms with Gasteiger partial charge in [0.05, 0.1) is 0 Å². The summed E-state index contributed by atoms with van der Waals surface area (Å²) in [7, 11) is 0. The first-order valence-electron chi connectivity index (χ1n) is 2.39. The van der Waals surface area contributed by atoms with E-state index >= 15 is 0 Å². The van der Waals surface area contributed by atoms with Crippen LogP contribution in [0, 0.1) is 5.92 Å². The molecule has 4 nitrogen and oxygen atoms in total. The van der Waals surface area contributed by atoms with Gasteiger partial charge in [-0.15, -0.1) is 0 Å². The zero-order valence-corrected chi connectivity index (χ0v) is 4.71. The molecule has 0 unspecified atom stereocenters. The number of hydrogen-bond donors (Lipinski definition) is 0. The van der Waals surface area contributed by atoms with Crippen molar-refractivity contribution in [2.24, 2.45) is 5.92 Å². The highest BCUT2D eigenvalue weighted by Gasteiger charge is 2.45. The Hall–Kier alpha value is -1.19. The lowest BCUT2D eigenvalue weighted by molar-refractivity contribution is -0.184. The Kier molecular flexibility index (Phi) is 1.09. The van der Waals surface area contributed by atoms with E-state index < -0.39 is 23.6 Å². The van der Waals surface area contributed by atoms with Gasteiger partial charge in [0.15, 0.2) is 5.78 Å². The van der Waals surface area contributed by atoms with Gasteiger partial charge >= 0.3 is 11.9 Å². The fraction of sp³-hybridized carbons (Fsp3) is 0.400. The Bertz CT molecular complexity index is 168. The standard InChI is InChI=1S/C5H4O4/c1-2(6)3-4(7)9-5(3)8/h3H,1H3. The molecule has 1 heterocycles. The van der Waals surface area contributed by atoms with Crippen LogP contribution in [0.25, 0.3) is 0 Å². The van der Waals surface area contributed by atoms with E-state index in [4.69, 9.17) is 0 Å². The first-order chi connectivity index (χ1) is 4.13. The van der Waals surface area contributed by atoms with Crippen LogP contribution in [0.15, 0.2) is 0 Å². The number of hydrogen-bond acceptors (Lipinski definition) is 4. The first kappa shape index (κ1) is 5.94. The number of cyclic esters (lactones) is 2. The summed E-state index contributed by atoms with van der Waals surface area (Å²) in [5.74, 6) is -3.03. The zero-order chi connectivity index (χ0) is 7.02. The number of carbonyl (C=O) groups is 3. The molecule has 0 aromatic rings. The van der Waals surface area contributed by atoms with Gasteiger partial charge in [-0.2, -0.15) is 0 Å². The molecule has 1 aliphatic rings. The van der Waals surface area contributed by atoms with Crippen molar-refractivity contribution in [1.29, 1.82) is 0 Å². The maximum atomic E-state index is 10.3. The SMILES string of the molecule is CC(=O)C1C(=O)OC1=O. The van der Waals surface area contributed by atoms with E-state index in [-0.39, 0.29) is 0 Å². The van der Waals surface area contributed by atoms with Crippen molar-refractivity contribution in [2.75, 3.05) is 0 Å². The topological polar surface area (TPSA) is 60.4 Å². The van der Waals surface area contributed by atoms with Gasteiger partial charge in [0, 0.05) is 0 Å². The Morgan fingerprint density at radius 2 is 1.89 bits per heavy atom. The van der Waals surface area contributed by atoms with E-state index in [1.165, 1.54) is 6.92 Å². The summed E-state index contributed by atoms with van der Waals surface area (Å²) in [6.07, 6.45) is 0. The van der Waals surface area contributed by atoms with Gasteiger partial charge in [0.2, 0.25) is 5.92 Å². The number of Topliss-reactive ketones (excluding diaryl/α,β-unsaturated/α-hetero) is 1. The van der Waals surface area contributed by atoms with E-state index in [1.807, 2.05) is 0 Å². The Morgan fingerprint density at radius 1 is 1.44 bits per heavy atom. The van der Waals surface area contributed by atoms with Crippen molar-refractivity contribution >= 4 is 17.7 Å². The summed E-state index contributed by atoms with van der Waals surface area (Å²) < 4.78 is 3.91. The fourth-order valence-electron chi connectivity index (χ4n) is 0.587. The quantitative estimate of drug-likeness (QED) is 0.345. The van der Waals surface area contributed by atoms with Gasteiger partial charge < -0.3 is 4.74 Å². The molecule has 0 aromatic heterocycles. The molecule has 4 heteroatoms. The van der Waals surface area contributed by atoms with Gasteiger partial charge in [-0.1, -0.05) is 0 Å². The molecule has 1 aliphatic heterocycles. The lowest BCUT2D eigenvalue weighted by atomic mass is 10.0. The molecule has 1 rings (SSSR count). The molecule has 0 amide bonds. The lowest BCUT2D eigenvalue weighted by Crippen LogP contribution is -2.44. The summed E-state index contributed by atoms with van der Waals surface area (Å²) in [6, 6.07) is 0. The summed E-state index contributed by atoms with van der Waals surface area (Å²) in [4.78, 5) is 30.8. The van der Waals surface area contributed by atoms with Gasteiger partial charge in [0.1, 0.15) is 0 Å². The van der Waals surface area contributed by atoms with E-state index in [1.54, 1.807) is 0 Å². The predicted octanol–water partition coefficient (Wildman–Crippen LogP) is -0.725. The minimum atomic E-state index is -1.12. The average molecular weight is 128 g/mol. The minimum Gasteiger partial charge on any atom is -0.391 e. The van der Waals surface area contributed by atoms with Gasteiger partial charge in [-0.25, -0.2) is 0 Å². The lowest BCUT2D eigenvalue weighted by Gasteiger charge is -2.18. The van der Waals surface area contributed by atoms with E-state index in [0.717, 1.165) is 0 Å². The van der Waals surface area contributed by atoms with Crippen LogP contribution >= 0.6 is 0 Å². The Morgan fingerprint density at radius 3 is 2.00 bits per heavy atom. The van der Waals surface area contributed by atoms with E-state index in [9.17, 15) is 14.4 Å². The normalized spacial score (nSPS) is 18.8. The fourth-order valence-corrected chi connectivity index (χ4v) is 0.587. The van der Waals surface area contributed by atoms with Crippen LogP contribution in [-0.2, 0) is 19.1 Å². The number of esters is 2. The molecule has 0 bridgehead atoms. The summed E-state index contributed by atoms with van der Waals surface area (Å²) >= 11 is 0. The van der Waals surface area contributed by atoms with Crippen LogP contribution in [-0.4, -0.2) is 17.7 Å². The predicted molar refractivity (Wildman–Crippen MR) is 25.3 cm³/mol. The molecule has 0 saturated carbocycles. The van der Waals surface area contributed by atoms with Gasteiger partial charge in [-0.3, -0.25) is 14.4 Å². The Labute approximate surface area is 50.8 Å². The highest BCUT2D eigenvalue weighted by atomic mass is 16.6. The van der Waals surface area contributed by atoms with Crippen LogP contribution in [0.5, 0.6) is 0 Å². The van der Waals surface area contributed by atoms with Crippen LogP contribution in [0.4, 0.5) is 0 Å². The monoisotopic (exact) mass is 128 g/mol. The van der Waals surface area contributed by atoms with Gasteiger partial charge in [-0.05, 0) is 6.92 Å². The van der Waals surface area contributed by atoms with E-state index in [0.29, 0.717) is 0 Å². The number of ether oxygens (including phenoxy) is 1. The van der Waals surface area contributed by atoms with Crippen LogP contribution < -0.4 is 0 Å². The zero-order valence-electron chi connectivity index (χ0n) is 4.71. The van der Waals surface area contributed by atoms with Crippen molar-refractivity contribution in [3.8, 4) is 0 Å². The third kappa shape index (κ3) is 0.718. The molecule has 0 N–H and O–H groups in total. The molecule has 0 spiro atoms. The summed E-state index contributed by atoms with van der Waals surface area (Å²) in [6.45, 7) is 1.18. The maximum absolute atomic E-state index is 10.3. The van der Waals surface area contributed by atoms with Crippen LogP contribution in [0.1, 0.15) is 6.92 Å². The van der Waals surface area contributed by atoms with Crippen molar-refractivity contribution in [1.82, 2.24) is 0 Å². The number of rotatable bonds is 1. The smallest absolute Gasteiger partial charge is 0.335 e. The number of carbonyl (C=O) groups excluding carboxylic acids is 3. The minimum absolute atomic E-state index is 0.448. The molecule has 9 heavy (non-hydrogen) atoms. The highest BCUT2D eigenvalue weighted by Crippen LogP contribution is 2.14. The van der Waals surface area contributed by atoms with E-state index in [2.05, 4.69) is 4.74 Å². The molecule has 48 valence electrons. The molecular weight excluding hydrogens is 124 g/mol. The van der Waals surface area contributed by atoms with Gasteiger partial charge in [0.25, 0.3) is 0 Å². The van der Waals surface area contributed by atoms with Crippen molar-refractivity contribution in [3.05, 3.63) is 0 Å². The highest BCUT2D eigenvalue weighted by molar-refractivity contribution is 6.23. The van der Waals surface area contributed by atoms with Crippen LogP contribution in [0.3, 0.4) is 0 Å². The second-order valence-electron chi connectivity index (χ2n) is 1.78. The average Bonchev–Trinajstić information content (AvgIpc) is 1.62. The Balaban J connectivity index is 2.70. The largest absolute Gasteiger partial charge is 0.391 e. The molecule has 0 atom stereocenters. The molecule has 1 saturated heterocycles. The summed E-state index contributed by atoms with van der Waals surface area (Å²) in [5.41, 5.74) is 0. The second-order valence-corrected chi connectivity index (χ2v) is 1.78. The molecular formula is C5H4O4. The van der Waals surface area contributed by atoms with Crippen molar-refractivity contribution in [2.45, 2.75) is 6.92 Å². The third-order valence-corrected chi connectivity index (χ3v) is 1.08. The number of ketones is 1. The maximum Gasteiger partial charge on any atom is 0.335 e. The second kappa shape index (κ2) is 1.65. The van der Waals surface area contributed by atoms with Crippen LogP contribution in [0.2, 0.25) is 0 Å². The molecule has 1 fully saturated rings. The third-order valence-electron chi connectivity index (χ3n) is 1.08. The summed E-state index contributed by atoms with van der Waals surface area (Å²) in [5, 5.41) is 0. The molecule has 0 aromatic carbocycles. The molecule has 0 radical (unpaired) electrons. The first-order valence-corrected chi connectivity index (χ1v) is 2.39.